The van der Waals surface area contributed by atoms with Crippen molar-refractivity contribution in [2.45, 2.75) is 13.0 Å². The lowest BCUT2D eigenvalue weighted by Crippen LogP contribution is -2.30. The Morgan fingerprint density at radius 3 is 2.56 bits per heavy atom. The van der Waals surface area contributed by atoms with Gasteiger partial charge in [0.1, 0.15) is 5.56 Å². The van der Waals surface area contributed by atoms with E-state index in [0.29, 0.717) is 0 Å². The molecular weight excluding hydrogens is 324 g/mol. The first kappa shape index (κ1) is 18.6. The lowest BCUT2D eigenvalue weighted by molar-refractivity contribution is -0.385. The van der Waals surface area contributed by atoms with E-state index in [0.717, 1.165) is 11.1 Å². The zero-order valence-electron chi connectivity index (χ0n) is 13.8. The van der Waals surface area contributed by atoms with Gasteiger partial charge < -0.3 is 15.2 Å². The van der Waals surface area contributed by atoms with Gasteiger partial charge in [0.2, 0.25) is 0 Å². The number of nitro groups is 1. The summed E-state index contributed by atoms with van der Waals surface area (Å²) in [6.07, 6.45) is -0.459. The van der Waals surface area contributed by atoms with Crippen LogP contribution in [0.25, 0.3) is 0 Å². The van der Waals surface area contributed by atoms with Crippen LogP contribution in [-0.4, -0.2) is 35.7 Å². The third kappa shape index (κ3) is 5.10. The van der Waals surface area contributed by atoms with Gasteiger partial charge in [-0.3, -0.25) is 14.9 Å². The van der Waals surface area contributed by atoms with E-state index in [1.54, 1.807) is 6.07 Å². The average molecular weight is 344 g/mol. The van der Waals surface area contributed by atoms with E-state index in [9.17, 15) is 14.9 Å². The number of ether oxygens (including phenoxy) is 1. The molecule has 0 saturated heterocycles. The molecule has 0 bridgehead atoms. The molecule has 1 atom stereocenters. The molecule has 7 heteroatoms. The summed E-state index contributed by atoms with van der Waals surface area (Å²) in [4.78, 5) is 22.8. The number of carbonyl (C=O) groups excluding carboxylic acids is 1. The maximum atomic E-state index is 12.3. The first-order valence-corrected chi connectivity index (χ1v) is 7.83. The van der Waals surface area contributed by atoms with Crippen molar-refractivity contribution < 1.29 is 19.6 Å². The molecule has 0 aliphatic rings. The average Bonchev–Trinajstić information content (AvgIpc) is 2.62. The van der Waals surface area contributed by atoms with E-state index in [1.807, 2.05) is 31.2 Å². The lowest BCUT2D eigenvalue weighted by atomic mass is 10.1. The molecule has 0 heterocycles. The summed E-state index contributed by atoms with van der Waals surface area (Å²) in [5.41, 5.74) is 1.69. The Labute approximate surface area is 145 Å². The van der Waals surface area contributed by atoms with Crippen molar-refractivity contribution in [2.24, 2.45) is 0 Å². The minimum Gasteiger partial charge on any atom is -0.394 e. The quantitative estimate of drug-likeness (QED) is 0.565. The summed E-state index contributed by atoms with van der Waals surface area (Å²) >= 11 is 0. The Morgan fingerprint density at radius 1 is 1.24 bits per heavy atom. The Kier molecular flexibility index (Phi) is 6.62. The predicted octanol–water partition coefficient (Wildman–Crippen LogP) is 2.38. The molecule has 2 N–H and O–H groups in total. The molecular formula is C18H20N2O5. The molecule has 2 aromatic carbocycles. The molecule has 2 rings (SSSR count). The Hall–Kier alpha value is -2.77. The zero-order chi connectivity index (χ0) is 18.2. The normalized spacial score (nSPS) is 11.8. The van der Waals surface area contributed by atoms with Crippen molar-refractivity contribution in [3.05, 3.63) is 75.3 Å². The lowest BCUT2D eigenvalue weighted by Gasteiger charge is -2.19. The van der Waals surface area contributed by atoms with Gasteiger partial charge >= 0.3 is 0 Å². The maximum Gasteiger partial charge on any atom is 0.282 e. The molecule has 7 nitrogen and oxygen atoms in total. The van der Waals surface area contributed by atoms with Crippen LogP contribution in [0.5, 0.6) is 0 Å². The highest BCUT2D eigenvalue weighted by Crippen LogP contribution is 2.20. The van der Waals surface area contributed by atoms with E-state index < -0.39 is 16.9 Å². The van der Waals surface area contributed by atoms with E-state index in [2.05, 4.69) is 5.32 Å². The number of rotatable bonds is 8. The highest BCUT2D eigenvalue weighted by Gasteiger charge is 2.20. The Bertz CT molecular complexity index is 731. The van der Waals surface area contributed by atoms with Crippen LogP contribution in [0.15, 0.2) is 48.5 Å². The number of nitrogens with one attached hydrogen (secondary N) is 1. The van der Waals surface area contributed by atoms with E-state index in [-0.39, 0.29) is 31.0 Å². The molecule has 132 valence electrons. The van der Waals surface area contributed by atoms with E-state index in [1.165, 1.54) is 18.2 Å². The van der Waals surface area contributed by atoms with Crippen LogP contribution in [-0.2, 0) is 4.74 Å². The van der Waals surface area contributed by atoms with Crippen molar-refractivity contribution in [3.8, 4) is 0 Å². The fourth-order valence-corrected chi connectivity index (χ4v) is 2.35. The number of hydrogen-bond donors (Lipinski definition) is 2. The molecule has 0 aliphatic carbocycles. The second-order valence-corrected chi connectivity index (χ2v) is 5.48. The minimum atomic E-state index is -0.589. The van der Waals surface area contributed by atoms with Gasteiger partial charge in [0.05, 0.1) is 24.2 Å². The number of benzene rings is 2. The molecule has 1 unspecified atom stereocenters. The number of aryl methyl sites for hydroxylation is 1. The van der Waals surface area contributed by atoms with Gasteiger partial charge in [-0.2, -0.15) is 0 Å². The number of para-hydroxylation sites is 1. The minimum absolute atomic E-state index is 0.00249. The van der Waals surface area contributed by atoms with Gasteiger partial charge in [-0.15, -0.1) is 0 Å². The molecule has 1 amide bonds. The highest BCUT2D eigenvalue weighted by molar-refractivity contribution is 5.98. The zero-order valence-corrected chi connectivity index (χ0v) is 13.8. The van der Waals surface area contributed by atoms with Crippen molar-refractivity contribution >= 4 is 11.6 Å². The van der Waals surface area contributed by atoms with E-state index in [4.69, 9.17) is 9.84 Å². The maximum absolute atomic E-state index is 12.3. The van der Waals surface area contributed by atoms with Crippen LogP contribution in [0.3, 0.4) is 0 Å². The van der Waals surface area contributed by atoms with Crippen LogP contribution in [0, 0.1) is 17.0 Å². The number of carbonyl (C=O) groups is 1. The molecule has 0 aromatic heterocycles. The summed E-state index contributed by atoms with van der Waals surface area (Å²) in [5.74, 6) is -0.544. The first-order valence-electron chi connectivity index (χ1n) is 7.83. The molecule has 25 heavy (non-hydrogen) atoms. The highest BCUT2D eigenvalue weighted by atomic mass is 16.6. The second-order valence-electron chi connectivity index (χ2n) is 5.48. The Balaban J connectivity index is 2.11. The summed E-state index contributed by atoms with van der Waals surface area (Å²) < 4.78 is 5.58. The number of hydrogen-bond acceptors (Lipinski definition) is 5. The monoisotopic (exact) mass is 344 g/mol. The molecule has 0 aliphatic heterocycles. The van der Waals surface area contributed by atoms with Crippen molar-refractivity contribution in [1.82, 2.24) is 5.32 Å². The summed E-state index contributed by atoms with van der Waals surface area (Å²) in [6.45, 7) is 2.08. The van der Waals surface area contributed by atoms with Crippen molar-refractivity contribution in [1.29, 1.82) is 0 Å². The Morgan fingerprint density at radius 2 is 1.92 bits per heavy atom. The first-order chi connectivity index (χ1) is 12.0. The molecule has 0 fully saturated rings. The van der Waals surface area contributed by atoms with Crippen LogP contribution < -0.4 is 5.32 Å². The smallest absolute Gasteiger partial charge is 0.282 e. The van der Waals surface area contributed by atoms with E-state index >= 15 is 0 Å². The fraction of sp³-hybridized carbons (Fsp3) is 0.278. The van der Waals surface area contributed by atoms with Crippen molar-refractivity contribution in [2.75, 3.05) is 19.8 Å². The van der Waals surface area contributed by atoms with Gasteiger partial charge in [-0.25, -0.2) is 0 Å². The number of aliphatic hydroxyl groups is 1. The third-order valence-corrected chi connectivity index (χ3v) is 3.65. The number of aliphatic hydroxyl groups excluding tert-OH is 1. The number of nitrogens with zero attached hydrogens (tertiary/aromatic N) is 1. The second kappa shape index (κ2) is 8.91. The van der Waals surface area contributed by atoms with Crippen LogP contribution in [0.2, 0.25) is 0 Å². The fourth-order valence-electron chi connectivity index (χ4n) is 2.35. The van der Waals surface area contributed by atoms with Gasteiger partial charge in [-0.1, -0.05) is 42.0 Å². The van der Waals surface area contributed by atoms with Crippen LogP contribution in [0.4, 0.5) is 5.69 Å². The third-order valence-electron chi connectivity index (χ3n) is 3.65. The predicted molar refractivity (Wildman–Crippen MR) is 92.4 cm³/mol. The topological polar surface area (TPSA) is 102 Å². The number of amides is 1. The standard InChI is InChI=1S/C18H20N2O5/c1-13-6-8-14(9-7-13)17(25-11-10-21)12-19-18(22)15-4-2-3-5-16(15)20(23)24/h2-9,17,21H,10-12H2,1H3,(H,19,22). The van der Waals surface area contributed by atoms with Crippen molar-refractivity contribution in [3.63, 3.8) is 0 Å². The summed E-state index contributed by atoms with van der Waals surface area (Å²) in [6, 6.07) is 13.4. The molecule has 0 saturated carbocycles. The SMILES string of the molecule is Cc1ccc(C(CNC(=O)c2ccccc2[N+](=O)[O-])OCCO)cc1. The molecule has 0 radical (unpaired) electrons. The summed E-state index contributed by atoms with van der Waals surface area (Å²) in [7, 11) is 0. The summed E-state index contributed by atoms with van der Waals surface area (Å²) in [5, 5.41) is 22.7. The van der Waals surface area contributed by atoms with Gasteiger partial charge in [0.25, 0.3) is 11.6 Å². The van der Waals surface area contributed by atoms with Crippen LogP contribution in [0.1, 0.15) is 27.6 Å². The molecule has 2 aromatic rings. The largest absolute Gasteiger partial charge is 0.394 e. The molecule has 0 spiro atoms. The van der Waals surface area contributed by atoms with Crippen LogP contribution >= 0.6 is 0 Å². The number of nitro benzene ring substituents is 1. The van der Waals surface area contributed by atoms with Gasteiger partial charge in [-0.05, 0) is 18.6 Å². The van der Waals surface area contributed by atoms with Gasteiger partial charge in [0.15, 0.2) is 0 Å². The van der Waals surface area contributed by atoms with Gasteiger partial charge in [0, 0.05) is 12.6 Å².